The highest BCUT2D eigenvalue weighted by Crippen LogP contribution is 2.20. The van der Waals surface area contributed by atoms with Crippen LogP contribution in [-0.2, 0) is 16.1 Å². The number of rotatable bonds is 7. The lowest BCUT2D eigenvalue weighted by molar-refractivity contribution is -0.139. The second-order valence-corrected chi connectivity index (χ2v) is 8.26. The molecule has 0 saturated carbocycles. The number of hydrogen-bond donors (Lipinski definition) is 1. The number of carbonyl (C=O) groups is 2. The fraction of sp³-hybridized carbons (Fsp3) is 0.440. The molecule has 0 aliphatic carbocycles. The molecular formula is C25H32N4O3. The van der Waals surface area contributed by atoms with E-state index in [0.717, 1.165) is 30.9 Å². The number of anilines is 1. The molecule has 2 aromatic rings. The van der Waals surface area contributed by atoms with Gasteiger partial charge in [0.2, 0.25) is 11.8 Å². The molecule has 2 aromatic carbocycles. The van der Waals surface area contributed by atoms with Gasteiger partial charge in [-0.05, 0) is 36.8 Å². The number of nitrogens with one attached hydrogen (secondary N) is 1. The standard InChI is InChI=1S/C25H32N4O3/c1-2-32-22-10-8-20(9-11-22)19-29-13-12-26-25(31)23(29)18-24(30)28-16-14-27(15-17-28)21-6-4-3-5-7-21/h3-11,23H,2,12-19H2,1H3,(H,26,31). The zero-order chi connectivity index (χ0) is 22.3. The maximum absolute atomic E-state index is 13.1. The molecule has 0 spiro atoms. The summed E-state index contributed by atoms with van der Waals surface area (Å²) in [5.41, 5.74) is 2.30. The number of piperazine rings is 2. The predicted molar refractivity (Wildman–Crippen MR) is 125 cm³/mol. The number of benzene rings is 2. The summed E-state index contributed by atoms with van der Waals surface area (Å²) in [5.74, 6) is 0.837. The van der Waals surface area contributed by atoms with Crippen LogP contribution in [0.1, 0.15) is 18.9 Å². The second kappa shape index (κ2) is 10.5. The first-order chi connectivity index (χ1) is 15.6. The second-order valence-electron chi connectivity index (χ2n) is 8.26. The highest BCUT2D eigenvalue weighted by Gasteiger charge is 2.33. The van der Waals surface area contributed by atoms with Crippen molar-refractivity contribution in [2.24, 2.45) is 0 Å². The van der Waals surface area contributed by atoms with Crippen LogP contribution in [0.5, 0.6) is 5.75 Å². The SMILES string of the molecule is CCOc1ccc(CN2CCNC(=O)C2CC(=O)N2CCN(c3ccccc3)CC2)cc1. The quantitative estimate of drug-likeness (QED) is 0.720. The van der Waals surface area contributed by atoms with Crippen LogP contribution in [-0.4, -0.2) is 73.5 Å². The molecule has 2 heterocycles. The third-order valence-corrected chi connectivity index (χ3v) is 6.18. The van der Waals surface area contributed by atoms with E-state index in [2.05, 4.69) is 27.2 Å². The van der Waals surface area contributed by atoms with Gasteiger partial charge in [0.25, 0.3) is 0 Å². The lowest BCUT2D eigenvalue weighted by Crippen LogP contribution is -2.57. The molecule has 0 aromatic heterocycles. The van der Waals surface area contributed by atoms with E-state index in [1.54, 1.807) is 0 Å². The van der Waals surface area contributed by atoms with Gasteiger partial charge in [-0.25, -0.2) is 0 Å². The number of para-hydroxylation sites is 1. The van der Waals surface area contributed by atoms with E-state index in [4.69, 9.17) is 4.74 Å². The number of hydrogen-bond acceptors (Lipinski definition) is 5. The Morgan fingerprint density at radius 1 is 1.00 bits per heavy atom. The maximum Gasteiger partial charge on any atom is 0.237 e. The molecule has 7 nitrogen and oxygen atoms in total. The van der Waals surface area contributed by atoms with Crippen LogP contribution in [0.2, 0.25) is 0 Å². The van der Waals surface area contributed by atoms with Gasteiger partial charge in [0.05, 0.1) is 19.1 Å². The smallest absolute Gasteiger partial charge is 0.237 e. The van der Waals surface area contributed by atoms with Gasteiger partial charge in [-0.2, -0.15) is 0 Å². The van der Waals surface area contributed by atoms with Crippen LogP contribution in [0.15, 0.2) is 54.6 Å². The maximum atomic E-state index is 13.1. The molecule has 1 unspecified atom stereocenters. The van der Waals surface area contributed by atoms with Crippen molar-refractivity contribution in [2.45, 2.75) is 25.9 Å². The van der Waals surface area contributed by atoms with Crippen LogP contribution in [0.25, 0.3) is 0 Å². The van der Waals surface area contributed by atoms with Gasteiger partial charge >= 0.3 is 0 Å². The van der Waals surface area contributed by atoms with Crippen molar-refractivity contribution in [3.8, 4) is 5.75 Å². The van der Waals surface area contributed by atoms with Crippen molar-refractivity contribution in [1.29, 1.82) is 0 Å². The van der Waals surface area contributed by atoms with Gasteiger partial charge in [-0.15, -0.1) is 0 Å². The molecule has 2 aliphatic rings. The minimum atomic E-state index is -0.435. The van der Waals surface area contributed by atoms with Gasteiger partial charge in [0.1, 0.15) is 5.75 Å². The summed E-state index contributed by atoms with van der Waals surface area (Å²) in [7, 11) is 0. The Bertz CT molecular complexity index is 895. The Kier molecular flexibility index (Phi) is 7.27. The van der Waals surface area contributed by atoms with Crippen molar-refractivity contribution in [2.75, 3.05) is 50.8 Å². The monoisotopic (exact) mass is 436 g/mol. The summed E-state index contributed by atoms with van der Waals surface area (Å²) >= 11 is 0. The number of carbonyl (C=O) groups excluding carboxylic acids is 2. The Balaban J connectivity index is 1.34. The summed E-state index contributed by atoms with van der Waals surface area (Å²) in [6, 6.07) is 17.8. The average Bonchev–Trinajstić information content (AvgIpc) is 2.83. The van der Waals surface area contributed by atoms with E-state index in [1.165, 1.54) is 5.69 Å². The summed E-state index contributed by atoms with van der Waals surface area (Å²) in [4.78, 5) is 32.0. The first-order valence-electron chi connectivity index (χ1n) is 11.5. The van der Waals surface area contributed by atoms with Crippen molar-refractivity contribution in [1.82, 2.24) is 15.1 Å². The van der Waals surface area contributed by atoms with Gasteiger partial charge < -0.3 is 19.9 Å². The van der Waals surface area contributed by atoms with Crippen molar-refractivity contribution >= 4 is 17.5 Å². The molecule has 7 heteroatoms. The van der Waals surface area contributed by atoms with E-state index < -0.39 is 6.04 Å². The van der Waals surface area contributed by atoms with Crippen LogP contribution in [0, 0.1) is 0 Å². The topological polar surface area (TPSA) is 65.1 Å². The Labute approximate surface area is 189 Å². The largest absolute Gasteiger partial charge is 0.494 e. The van der Waals surface area contributed by atoms with Crippen molar-refractivity contribution in [3.05, 3.63) is 60.2 Å². The molecule has 170 valence electrons. The summed E-state index contributed by atoms with van der Waals surface area (Å²) < 4.78 is 5.51. The first-order valence-corrected chi connectivity index (χ1v) is 11.5. The molecular weight excluding hydrogens is 404 g/mol. The molecule has 1 atom stereocenters. The molecule has 2 saturated heterocycles. The van der Waals surface area contributed by atoms with E-state index in [0.29, 0.717) is 32.8 Å². The average molecular weight is 437 g/mol. The van der Waals surface area contributed by atoms with E-state index in [-0.39, 0.29) is 18.2 Å². The number of ether oxygens (including phenoxy) is 1. The molecule has 0 radical (unpaired) electrons. The van der Waals surface area contributed by atoms with Crippen LogP contribution in [0.4, 0.5) is 5.69 Å². The highest BCUT2D eigenvalue weighted by atomic mass is 16.5. The van der Waals surface area contributed by atoms with E-state index in [1.807, 2.05) is 54.3 Å². The molecule has 2 amide bonds. The molecule has 0 bridgehead atoms. The molecule has 2 fully saturated rings. The first kappa shape index (κ1) is 22.1. The zero-order valence-electron chi connectivity index (χ0n) is 18.7. The summed E-state index contributed by atoms with van der Waals surface area (Å²) in [6.07, 6.45) is 0.216. The van der Waals surface area contributed by atoms with Crippen LogP contribution >= 0.6 is 0 Å². The van der Waals surface area contributed by atoms with Crippen LogP contribution < -0.4 is 15.0 Å². The summed E-state index contributed by atoms with van der Waals surface area (Å²) in [5, 5.41) is 2.93. The number of amides is 2. The Hall–Kier alpha value is -3.06. The lowest BCUT2D eigenvalue weighted by atomic mass is 10.1. The summed E-state index contributed by atoms with van der Waals surface area (Å²) in [6.45, 7) is 7.56. The minimum absolute atomic E-state index is 0.0523. The lowest BCUT2D eigenvalue weighted by Gasteiger charge is -2.39. The molecule has 4 rings (SSSR count). The van der Waals surface area contributed by atoms with Gasteiger partial charge in [-0.1, -0.05) is 30.3 Å². The third kappa shape index (κ3) is 5.40. The highest BCUT2D eigenvalue weighted by molar-refractivity contribution is 5.89. The molecule has 2 aliphatic heterocycles. The van der Waals surface area contributed by atoms with Crippen molar-refractivity contribution < 1.29 is 14.3 Å². The fourth-order valence-corrected chi connectivity index (χ4v) is 4.41. The fourth-order valence-electron chi connectivity index (χ4n) is 4.41. The molecule has 1 N–H and O–H groups in total. The number of nitrogens with zero attached hydrogens (tertiary/aromatic N) is 3. The van der Waals surface area contributed by atoms with E-state index in [9.17, 15) is 9.59 Å². The van der Waals surface area contributed by atoms with Crippen LogP contribution in [0.3, 0.4) is 0 Å². The third-order valence-electron chi connectivity index (χ3n) is 6.18. The zero-order valence-corrected chi connectivity index (χ0v) is 18.7. The minimum Gasteiger partial charge on any atom is -0.494 e. The van der Waals surface area contributed by atoms with E-state index >= 15 is 0 Å². The molecule has 32 heavy (non-hydrogen) atoms. The Morgan fingerprint density at radius 3 is 2.41 bits per heavy atom. The predicted octanol–water partition coefficient (Wildman–Crippen LogP) is 2.12. The Morgan fingerprint density at radius 2 is 1.72 bits per heavy atom. The van der Waals surface area contributed by atoms with Crippen molar-refractivity contribution in [3.63, 3.8) is 0 Å². The van der Waals surface area contributed by atoms with Gasteiger partial charge in [0.15, 0.2) is 0 Å². The normalized spacial score (nSPS) is 19.5. The van der Waals surface area contributed by atoms with Gasteiger partial charge in [-0.3, -0.25) is 14.5 Å². The van der Waals surface area contributed by atoms with Gasteiger partial charge in [0, 0.05) is 51.5 Å².